The van der Waals surface area contributed by atoms with Crippen LogP contribution in [-0.2, 0) is 4.79 Å². The number of aromatic amines is 1. The number of hydrogen-bond acceptors (Lipinski definition) is 5. The van der Waals surface area contributed by atoms with Gasteiger partial charge in [-0.15, -0.1) is 0 Å². The summed E-state index contributed by atoms with van der Waals surface area (Å²) in [6.07, 6.45) is 0. The van der Waals surface area contributed by atoms with Crippen molar-refractivity contribution in [2.75, 3.05) is 38.2 Å². The fourth-order valence-electron chi connectivity index (χ4n) is 3.45. The van der Waals surface area contributed by atoms with Gasteiger partial charge in [-0.2, -0.15) is 0 Å². The molecule has 1 N–H and O–H groups in total. The number of fused-ring (bicyclic) bond motifs is 1. The molecule has 28 heavy (non-hydrogen) atoms. The molecule has 146 valence electrons. The first kappa shape index (κ1) is 18.7. The van der Waals surface area contributed by atoms with Crippen LogP contribution in [0, 0.1) is 0 Å². The number of methoxy groups -OCH3 is 1. The maximum absolute atomic E-state index is 12.9. The minimum absolute atomic E-state index is 0.163. The Balaban J connectivity index is 1.36. The number of benzene rings is 2. The lowest BCUT2D eigenvalue weighted by molar-refractivity contribution is -0.130. The van der Waals surface area contributed by atoms with Crippen LogP contribution in [0.3, 0.4) is 0 Å². The zero-order valence-electron chi connectivity index (χ0n) is 16.1. The van der Waals surface area contributed by atoms with Gasteiger partial charge < -0.3 is 19.5 Å². The number of para-hydroxylation sites is 1. The summed E-state index contributed by atoms with van der Waals surface area (Å²) in [6, 6.07) is 16.1. The second kappa shape index (κ2) is 8.14. The van der Waals surface area contributed by atoms with Crippen molar-refractivity contribution >= 4 is 34.4 Å². The summed E-state index contributed by atoms with van der Waals surface area (Å²) in [5, 5.41) is 0.567. The van der Waals surface area contributed by atoms with Gasteiger partial charge >= 0.3 is 0 Å². The average Bonchev–Trinajstić information content (AvgIpc) is 3.15. The molecule has 0 aliphatic carbocycles. The summed E-state index contributed by atoms with van der Waals surface area (Å²) in [4.78, 5) is 25.0. The van der Waals surface area contributed by atoms with Gasteiger partial charge in [0.15, 0.2) is 5.16 Å². The fourth-order valence-corrected chi connectivity index (χ4v) is 4.35. The molecule has 1 atom stereocenters. The third-order valence-corrected chi connectivity index (χ3v) is 5.99. The maximum atomic E-state index is 12.9. The quantitative estimate of drug-likeness (QED) is 0.670. The summed E-state index contributed by atoms with van der Waals surface area (Å²) in [5.74, 6) is 0.948. The van der Waals surface area contributed by atoms with Gasteiger partial charge in [-0.25, -0.2) is 4.98 Å². The number of nitrogens with one attached hydrogen (secondary N) is 1. The van der Waals surface area contributed by atoms with E-state index in [9.17, 15) is 4.79 Å². The molecule has 0 bridgehead atoms. The van der Waals surface area contributed by atoms with Crippen molar-refractivity contribution in [3.8, 4) is 5.75 Å². The summed E-state index contributed by atoms with van der Waals surface area (Å²) < 4.78 is 5.25. The number of anilines is 1. The summed E-state index contributed by atoms with van der Waals surface area (Å²) in [7, 11) is 1.64. The first-order valence-corrected chi connectivity index (χ1v) is 10.3. The Bertz CT molecular complexity index is 951. The van der Waals surface area contributed by atoms with Crippen molar-refractivity contribution in [3.05, 3.63) is 48.5 Å². The van der Waals surface area contributed by atoms with Crippen LogP contribution in [-0.4, -0.2) is 59.3 Å². The molecule has 2 aromatic carbocycles. The van der Waals surface area contributed by atoms with E-state index in [0.29, 0.717) is 0 Å². The number of H-pyrrole nitrogens is 1. The Morgan fingerprint density at radius 3 is 2.61 bits per heavy atom. The van der Waals surface area contributed by atoms with Gasteiger partial charge in [-0.05, 0) is 31.2 Å². The number of imidazole rings is 1. The minimum Gasteiger partial charge on any atom is -0.497 e. The number of rotatable bonds is 5. The zero-order valence-corrected chi connectivity index (χ0v) is 16.9. The number of amides is 1. The van der Waals surface area contributed by atoms with Crippen molar-refractivity contribution < 1.29 is 9.53 Å². The molecule has 1 aromatic heterocycles. The standard InChI is InChI=1S/C21H24N4O2S/c1-15(28-21-22-18-9-8-17(27-2)14-19(18)23-21)20(26)25-12-10-24(11-13-25)16-6-4-3-5-7-16/h3-9,14-15H,10-13H2,1-2H3,(H,22,23). The molecule has 1 amide bonds. The summed E-state index contributed by atoms with van der Waals surface area (Å²) in [5.41, 5.74) is 3.01. The molecule has 1 aliphatic rings. The smallest absolute Gasteiger partial charge is 0.236 e. The Morgan fingerprint density at radius 2 is 1.89 bits per heavy atom. The van der Waals surface area contributed by atoms with Crippen molar-refractivity contribution in [1.82, 2.24) is 14.9 Å². The molecule has 1 unspecified atom stereocenters. The Hall–Kier alpha value is -2.67. The normalized spacial score (nSPS) is 15.6. The second-order valence-electron chi connectivity index (χ2n) is 6.83. The van der Waals surface area contributed by atoms with Crippen molar-refractivity contribution in [2.24, 2.45) is 0 Å². The number of carbonyl (C=O) groups excluding carboxylic acids is 1. The van der Waals surface area contributed by atoms with E-state index in [1.54, 1.807) is 7.11 Å². The number of piperazine rings is 1. The maximum Gasteiger partial charge on any atom is 0.236 e. The van der Waals surface area contributed by atoms with Gasteiger partial charge in [-0.3, -0.25) is 4.79 Å². The molecule has 3 aromatic rings. The van der Waals surface area contributed by atoms with Gasteiger partial charge in [0.2, 0.25) is 5.91 Å². The number of nitrogens with zero attached hydrogens (tertiary/aromatic N) is 3. The summed E-state index contributed by atoms with van der Waals surface area (Å²) in [6.45, 7) is 5.16. The van der Waals surface area contributed by atoms with Crippen LogP contribution in [0.4, 0.5) is 5.69 Å². The fraction of sp³-hybridized carbons (Fsp3) is 0.333. The third-order valence-electron chi connectivity index (χ3n) is 5.02. The zero-order chi connectivity index (χ0) is 19.5. The van der Waals surface area contributed by atoms with Crippen LogP contribution in [0.5, 0.6) is 5.75 Å². The molecule has 7 heteroatoms. The molecule has 0 radical (unpaired) electrons. The molecule has 1 aliphatic heterocycles. The molecule has 4 rings (SSSR count). The highest BCUT2D eigenvalue weighted by Gasteiger charge is 2.26. The minimum atomic E-state index is -0.189. The number of aromatic nitrogens is 2. The van der Waals surface area contributed by atoms with Gasteiger partial charge in [-0.1, -0.05) is 30.0 Å². The van der Waals surface area contributed by atoms with E-state index in [1.807, 2.05) is 36.1 Å². The Kier molecular flexibility index (Phi) is 5.43. The Morgan fingerprint density at radius 1 is 1.14 bits per heavy atom. The van der Waals surface area contributed by atoms with Crippen molar-refractivity contribution in [3.63, 3.8) is 0 Å². The predicted octanol–water partition coefficient (Wildman–Crippen LogP) is 3.40. The van der Waals surface area contributed by atoms with E-state index in [-0.39, 0.29) is 11.2 Å². The van der Waals surface area contributed by atoms with Gasteiger partial charge in [0.05, 0.1) is 23.4 Å². The molecular formula is C21H24N4O2S. The molecule has 0 spiro atoms. The predicted molar refractivity (Wildman–Crippen MR) is 113 cm³/mol. The van der Waals surface area contributed by atoms with Crippen molar-refractivity contribution in [1.29, 1.82) is 0 Å². The number of ether oxygens (including phenoxy) is 1. The molecular weight excluding hydrogens is 372 g/mol. The third kappa shape index (κ3) is 3.94. The molecule has 2 heterocycles. The van der Waals surface area contributed by atoms with Gasteiger partial charge in [0.1, 0.15) is 5.75 Å². The van der Waals surface area contributed by atoms with Crippen LogP contribution in [0.15, 0.2) is 53.7 Å². The van der Waals surface area contributed by atoms with E-state index in [4.69, 9.17) is 4.74 Å². The van der Waals surface area contributed by atoms with Gasteiger partial charge in [0, 0.05) is 37.9 Å². The Labute approximate surface area is 168 Å². The first-order chi connectivity index (χ1) is 13.6. The van der Waals surface area contributed by atoms with Gasteiger partial charge in [0.25, 0.3) is 0 Å². The van der Waals surface area contributed by atoms with E-state index in [1.165, 1.54) is 17.4 Å². The summed E-state index contributed by atoms with van der Waals surface area (Å²) >= 11 is 1.47. The topological polar surface area (TPSA) is 61.5 Å². The number of carbonyl (C=O) groups is 1. The van der Waals surface area contributed by atoms with Crippen molar-refractivity contribution in [2.45, 2.75) is 17.3 Å². The second-order valence-corrected chi connectivity index (χ2v) is 8.16. The lowest BCUT2D eigenvalue weighted by Gasteiger charge is -2.37. The molecule has 0 saturated carbocycles. The van der Waals surface area contributed by atoms with E-state index in [0.717, 1.165) is 48.1 Å². The molecule has 6 nitrogen and oxygen atoms in total. The van der Waals surface area contributed by atoms with Crippen LogP contribution in [0.1, 0.15) is 6.92 Å². The number of hydrogen-bond donors (Lipinski definition) is 1. The highest BCUT2D eigenvalue weighted by atomic mass is 32.2. The first-order valence-electron chi connectivity index (χ1n) is 9.43. The van der Waals surface area contributed by atoms with Crippen LogP contribution < -0.4 is 9.64 Å². The molecule has 1 saturated heterocycles. The number of thioether (sulfide) groups is 1. The largest absolute Gasteiger partial charge is 0.497 e. The lowest BCUT2D eigenvalue weighted by Crippen LogP contribution is -2.50. The monoisotopic (exact) mass is 396 g/mol. The van der Waals surface area contributed by atoms with E-state index < -0.39 is 0 Å². The highest BCUT2D eigenvalue weighted by Crippen LogP contribution is 2.27. The van der Waals surface area contributed by atoms with E-state index in [2.05, 4.69) is 39.1 Å². The van der Waals surface area contributed by atoms with E-state index >= 15 is 0 Å². The van der Waals surface area contributed by atoms with Crippen LogP contribution >= 0.6 is 11.8 Å². The lowest BCUT2D eigenvalue weighted by atomic mass is 10.2. The van der Waals surface area contributed by atoms with Crippen LogP contribution in [0.2, 0.25) is 0 Å². The average molecular weight is 397 g/mol. The SMILES string of the molecule is COc1ccc2nc(SC(C)C(=O)N3CCN(c4ccccc4)CC3)[nH]c2c1. The molecule has 1 fully saturated rings. The van der Waals surface area contributed by atoms with Crippen LogP contribution in [0.25, 0.3) is 11.0 Å². The highest BCUT2D eigenvalue weighted by molar-refractivity contribution is 8.00.